The van der Waals surface area contributed by atoms with Crippen molar-refractivity contribution >= 4 is 41.6 Å². The average molecular weight is 1640 g/mol. The van der Waals surface area contributed by atoms with Crippen LogP contribution < -0.4 is 10.6 Å². The lowest BCUT2D eigenvalue weighted by atomic mass is 10.0. The fourth-order valence-corrected chi connectivity index (χ4v) is 16.3. The SMILES string of the molecule is CCCCCCCCCCCOC(=O)CCCCCN(CCCCCCCC(=O)OC(CCCCCCCC)CCCCCCCC)CCNC(=O)CN(CC(=O)NCCN(CCCCCCCC(=O)OCCCCCCCCC)CCCCCCCC(=O)OC(CCCCCCCC)CCCCCCCC)C(=O)CCN1CCCC1. The van der Waals surface area contributed by atoms with Crippen molar-refractivity contribution in [2.75, 3.05) is 98.3 Å². The van der Waals surface area contributed by atoms with Crippen LogP contribution in [-0.2, 0) is 52.5 Å². The van der Waals surface area contributed by atoms with Gasteiger partial charge < -0.3 is 49.2 Å². The molecule has 1 heterocycles. The van der Waals surface area contributed by atoms with Crippen LogP contribution in [0.2, 0.25) is 0 Å². The molecule has 0 atom stereocenters. The Bertz CT molecular complexity index is 2190. The van der Waals surface area contributed by atoms with Crippen molar-refractivity contribution in [3.8, 4) is 0 Å². The first kappa shape index (κ1) is 110. The molecular formula is C99H190N6O11. The number of carbonyl (C=O) groups excluding carboxylic acids is 7. The van der Waals surface area contributed by atoms with E-state index in [4.69, 9.17) is 18.9 Å². The zero-order chi connectivity index (χ0) is 84.1. The summed E-state index contributed by atoms with van der Waals surface area (Å²) < 4.78 is 23.5. The minimum atomic E-state index is -0.279. The summed E-state index contributed by atoms with van der Waals surface area (Å²) in [6.45, 7) is 22.3. The molecule has 0 aromatic rings. The smallest absolute Gasteiger partial charge is 0.306 e. The van der Waals surface area contributed by atoms with E-state index in [2.05, 4.69) is 66.9 Å². The Kier molecular flexibility index (Phi) is 81.8. The molecule has 116 heavy (non-hydrogen) atoms. The predicted molar refractivity (Wildman–Crippen MR) is 486 cm³/mol. The van der Waals surface area contributed by atoms with Crippen molar-refractivity contribution in [1.29, 1.82) is 0 Å². The van der Waals surface area contributed by atoms with Crippen molar-refractivity contribution in [2.24, 2.45) is 0 Å². The largest absolute Gasteiger partial charge is 0.466 e. The third-order valence-electron chi connectivity index (χ3n) is 23.9. The van der Waals surface area contributed by atoms with Crippen molar-refractivity contribution < 1.29 is 52.5 Å². The van der Waals surface area contributed by atoms with Crippen molar-refractivity contribution in [3.05, 3.63) is 0 Å². The maximum atomic E-state index is 14.1. The Balaban J connectivity index is 3.03. The summed E-state index contributed by atoms with van der Waals surface area (Å²) >= 11 is 0. The molecule has 0 aromatic heterocycles. The number of unbranched alkanes of at least 4 members (excludes halogenated alkanes) is 48. The van der Waals surface area contributed by atoms with Gasteiger partial charge in [-0.2, -0.15) is 0 Å². The van der Waals surface area contributed by atoms with Gasteiger partial charge in [-0.15, -0.1) is 0 Å². The molecule has 1 rings (SSSR count). The van der Waals surface area contributed by atoms with Crippen molar-refractivity contribution in [3.63, 3.8) is 0 Å². The van der Waals surface area contributed by atoms with Gasteiger partial charge in [0.2, 0.25) is 17.7 Å². The zero-order valence-electron chi connectivity index (χ0n) is 77.3. The van der Waals surface area contributed by atoms with Crippen LogP contribution in [0, 0.1) is 0 Å². The summed E-state index contributed by atoms with van der Waals surface area (Å²) in [7, 11) is 0. The van der Waals surface area contributed by atoms with Gasteiger partial charge in [0.25, 0.3) is 0 Å². The maximum Gasteiger partial charge on any atom is 0.306 e. The van der Waals surface area contributed by atoms with Gasteiger partial charge in [-0.1, -0.05) is 324 Å². The van der Waals surface area contributed by atoms with Gasteiger partial charge in [0.05, 0.1) is 13.2 Å². The molecule has 1 saturated heterocycles. The molecule has 0 bridgehead atoms. The van der Waals surface area contributed by atoms with E-state index < -0.39 is 0 Å². The molecule has 0 aromatic carbocycles. The fourth-order valence-electron chi connectivity index (χ4n) is 16.3. The van der Waals surface area contributed by atoms with Crippen LogP contribution in [0.25, 0.3) is 0 Å². The number of hydrogen-bond acceptors (Lipinski definition) is 14. The Labute approximate surface area is 715 Å². The lowest BCUT2D eigenvalue weighted by Crippen LogP contribution is -2.48. The number of ether oxygens (including phenoxy) is 4. The van der Waals surface area contributed by atoms with Gasteiger partial charge in [0.1, 0.15) is 25.3 Å². The molecule has 0 aliphatic carbocycles. The van der Waals surface area contributed by atoms with Crippen LogP contribution in [-0.4, -0.2) is 172 Å². The second-order valence-corrected chi connectivity index (χ2v) is 35.1. The highest BCUT2D eigenvalue weighted by molar-refractivity contribution is 5.89. The summed E-state index contributed by atoms with van der Waals surface area (Å²) in [4.78, 5) is 102. The van der Waals surface area contributed by atoms with E-state index in [1.807, 2.05) is 0 Å². The minimum Gasteiger partial charge on any atom is -0.466 e. The van der Waals surface area contributed by atoms with Gasteiger partial charge in [-0.05, 0) is 168 Å². The topological polar surface area (TPSA) is 193 Å². The van der Waals surface area contributed by atoms with Crippen LogP contribution in [0.1, 0.15) is 485 Å². The average Bonchev–Trinajstić information content (AvgIpc) is 1.14. The van der Waals surface area contributed by atoms with Gasteiger partial charge in [0.15, 0.2) is 0 Å². The van der Waals surface area contributed by atoms with Gasteiger partial charge in [-0.25, -0.2) is 0 Å². The normalized spacial score (nSPS) is 12.4. The Morgan fingerprint density at radius 2 is 0.534 bits per heavy atom. The second-order valence-electron chi connectivity index (χ2n) is 35.1. The summed E-state index contributed by atoms with van der Waals surface area (Å²) in [6, 6.07) is 0. The molecule has 0 radical (unpaired) electrons. The quantitative estimate of drug-likeness (QED) is 0.0332. The number of amides is 3. The molecule has 3 amide bonds. The highest BCUT2D eigenvalue weighted by atomic mass is 16.6. The zero-order valence-corrected chi connectivity index (χ0v) is 77.3. The Morgan fingerprint density at radius 3 is 0.836 bits per heavy atom. The van der Waals surface area contributed by atoms with E-state index in [-0.39, 0.29) is 73.3 Å². The molecule has 1 fully saturated rings. The minimum absolute atomic E-state index is 0.0354. The number of nitrogens with one attached hydrogen (secondary N) is 2. The first-order valence-electron chi connectivity index (χ1n) is 50.6. The van der Waals surface area contributed by atoms with E-state index >= 15 is 0 Å². The van der Waals surface area contributed by atoms with Gasteiger partial charge in [-0.3, -0.25) is 33.6 Å². The van der Waals surface area contributed by atoms with E-state index in [9.17, 15) is 33.6 Å². The number of nitrogens with zero attached hydrogens (tertiary/aromatic N) is 4. The second kappa shape index (κ2) is 86.1. The van der Waals surface area contributed by atoms with Crippen LogP contribution in [0.5, 0.6) is 0 Å². The lowest BCUT2D eigenvalue weighted by molar-refractivity contribution is -0.151. The van der Waals surface area contributed by atoms with E-state index in [1.165, 1.54) is 210 Å². The van der Waals surface area contributed by atoms with Crippen LogP contribution in [0.3, 0.4) is 0 Å². The third-order valence-corrected chi connectivity index (χ3v) is 23.9. The molecule has 17 nitrogen and oxygen atoms in total. The Hall–Kier alpha value is -3.83. The van der Waals surface area contributed by atoms with Crippen LogP contribution >= 0.6 is 0 Å². The summed E-state index contributed by atoms with van der Waals surface area (Å²) in [5.74, 6) is -1.01. The van der Waals surface area contributed by atoms with Crippen molar-refractivity contribution in [1.82, 2.24) is 30.2 Å². The highest BCUT2D eigenvalue weighted by Gasteiger charge is 2.24. The summed E-state index contributed by atoms with van der Waals surface area (Å²) in [5.41, 5.74) is 0. The van der Waals surface area contributed by atoms with Gasteiger partial charge >= 0.3 is 23.9 Å². The molecule has 0 spiro atoms. The number of hydrogen-bond donors (Lipinski definition) is 2. The fraction of sp³-hybridized carbons (Fsp3) is 0.929. The summed E-state index contributed by atoms with van der Waals surface area (Å²) in [5, 5.41) is 6.28. The molecule has 1 aliphatic rings. The standard InChI is InChI=1S/C99H190N6O11/c1-7-13-19-25-31-32-34-49-66-88-114-97(110)72-58-50-62-81-104(80-61-47-37-44-57-74-99(112)116-92(69-53-40-29-23-17-11-5)70-54-41-30-24-18-12-6)86-77-101-94(107)90-105(95(108)75-84-102-82-63-64-83-102)89-93(106)100-76-85-103(78-59-45-35-42-55-71-96(109)113-87-65-48-33-26-20-14-8-2)79-60-46-36-43-56-73-98(111)115-91(67-51-38-27-21-15-9-3)68-52-39-28-22-16-10-4/h91-92H,7-90H2,1-6H3,(H,100,106)(H,101,107). The molecule has 682 valence electrons. The Morgan fingerprint density at radius 1 is 0.284 bits per heavy atom. The van der Waals surface area contributed by atoms with Gasteiger partial charge in [0, 0.05) is 64.8 Å². The molecule has 0 unspecified atom stereocenters. The molecule has 1 aliphatic heterocycles. The first-order valence-corrected chi connectivity index (χ1v) is 50.6. The first-order chi connectivity index (χ1) is 56.9. The van der Waals surface area contributed by atoms with Crippen molar-refractivity contribution in [2.45, 2.75) is 497 Å². The number of rotatable bonds is 91. The number of esters is 4. The maximum absolute atomic E-state index is 14.1. The monoisotopic (exact) mass is 1640 g/mol. The number of likely N-dealkylation sites (tertiary alicyclic amines) is 1. The third kappa shape index (κ3) is 75.2. The van der Waals surface area contributed by atoms with Crippen LogP contribution in [0.15, 0.2) is 0 Å². The molecule has 17 heteroatoms. The van der Waals surface area contributed by atoms with E-state index in [0.29, 0.717) is 71.6 Å². The lowest BCUT2D eigenvalue weighted by Gasteiger charge is -2.25. The van der Waals surface area contributed by atoms with E-state index in [0.717, 1.165) is 245 Å². The molecule has 0 saturated carbocycles. The highest BCUT2D eigenvalue weighted by Crippen LogP contribution is 2.23. The molecule has 2 N–H and O–H groups in total. The van der Waals surface area contributed by atoms with Crippen LogP contribution in [0.4, 0.5) is 0 Å². The predicted octanol–water partition coefficient (Wildman–Crippen LogP) is 24.9. The number of carbonyl (C=O) groups is 7. The van der Waals surface area contributed by atoms with E-state index in [1.54, 1.807) is 0 Å². The summed E-state index contributed by atoms with van der Waals surface area (Å²) in [6.07, 6.45) is 74.9. The molecular weight excluding hydrogens is 1450 g/mol.